The Morgan fingerprint density at radius 3 is 2.39 bits per heavy atom. The van der Waals surface area contributed by atoms with E-state index in [2.05, 4.69) is 42.6 Å². The smallest absolute Gasteiger partial charge is 0.242 e. The van der Waals surface area contributed by atoms with Gasteiger partial charge in [-0.1, -0.05) is 54.4 Å². The van der Waals surface area contributed by atoms with Crippen LogP contribution in [0.15, 0.2) is 53.4 Å². The number of hydrogen-bond acceptors (Lipinski definition) is 3. The average Bonchev–Trinajstić information content (AvgIpc) is 2.69. The quantitative estimate of drug-likeness (QED) is 0.639. The van der Waals surface area contributed by atoms with Crippen LogP contribution in [0.25, 0.3) is 0 Å². The number of rotatable bonds is 9. The van der Waals surface area contributed by atoms with Crippen LogP contribution >= 0.6 is 11.8 Å². The van der Waals surface area contributed by atoms with Crippen LogP contribution in [0.2, 0.25) is 0 Å². The van der Waals surface area contributed by atoms with E-state index in [0.29, 0.717) is 25.1 Å². The number of nitrogens with one attached hydrogen (secondary N) is 1. The van der Waals surface area contributed by atoms with Crippen LogP contribution in [0, 0.1) is 13.8 Å². The number of thioether (sulfide) groups is 1. The number of likely N-dealkylation sites (N-methyl/N-ethyl adjacent to an activating group) is 1. The molecule has 2 rings (SSSR count). The molecule has 2 aromatic carbocycles. The fourth-order valence-corrected chi connectivity index (χ4v) is 3.97. The molecule has 1 N–H and O–H groups in total. The van der Waals surface area contributed by atoms with Crippen molar-refractivity contribution in [3.8, 4) is 0 Å². The number of hydrogen-bond donors (Lipinski definition) is 1. The van der Waals surface area contributed by atoms with Crippen molar-refractivity contribution < 1.29 is 9.59 Å². The summed E-state index contributed by atoms with van der Waals surface area (Å²) in [7, 11) is 1.62. The molecule has 1 atom stereocenters. The normalized spacial score (nSPS) is 11.7. The van der Waals surface area contributed by atoms with E-state index < -0.39 is 6.04 Å². The molecule has 0 aromatic heterocycles. The van der Waals surface area contributed by atoms with Gasteiger partial charge >= 0.3 is 0 Å². The lowest BCUT2D eigenvalue weighted by Gasteiger charge is -2.30. The monoisotopic (exact) mass is 398 g/mol. The first-order valence-corrected chi connectivity index (χ1v) is 10.7. The summed E-state index contributed by atoms with van der Waals surface area (Å²) in [6, 6.07) is 15.9. The maximum Gasteiger partial charge on any atom is 0.242 e. The molecule has 2 aromatic rings. The van der Waals surface area contributed by atoms with E-state index in [9.17, 15) is 9.59 Å². The van der Waals surface area contributed by atoms with Crippen molar-refractivity contribution in [1.29, 1.82) is 0 Å². The van der Waals surface area contributed by atoms with Gasteiger partial charge in [-0.05, 0) is 38.0 Å². The molecule has 0 saturated heterocycles. The van der Waals surface area contributed by atoms with Crippen LogP contribution in [-0.2, 0) is 16.1 Å². The second-order valence-electron chi connectivity index (χ2n) is 6.96. The van der Waals surface area contributed by atoms with Crippen LogP contribution in [0.5, 0.6) is 0 Å². The second-order valence-corrected chi connectivity index (χ2v) is 8.13. The first-order valence-electron chi connectivity index (χ1n) is 9.70. The number of carbonyl (C=O) groups is 2. The molecule has 4 nitrogen and oxygen atoms in total. The first-order chi connectivity index (χ1) is 13.4. The van der Waals surface area contributed by atoms with E-state index in [-0.39, 0.29) is 11.8 Å². The standard InChI is InChI=1S/C23H30N2O2S/c1-5-21(23(27)24-4)25(16-19-8-6-7-18(3)15-19)22(26)13-14-28-20-11-9-17(2)10-12-20/h6-12,15,21H,5,13-14,16H2,1-4H3,(H,24,27)/t21-/m1/s1. The van der Waals surface area contributed by atoms with E-state index in [1.54, 1.807) is 23.7 Å². The highest BCUT2D eigenvalue weighted by molar-refractivity contribution is 7.99. The van der Waals surface area contributed by atoms with Crippen LogP contribution < -0.4 is 5.32 Å². The minimum atomic E-state index is -0.456. The topological polar surface area (TPSA) is 49.4 Å². The molecule has 0 aliphatic carbocycles. The van der Waals surface area contributed by atoms with Gasteiger partial charge in [0, 0.05) is 30.7 Å². The van der Waals surface area contributed by atoms with Crippen molar-refractivity contribution in [2.45, 2.75) is 51.1 Å². The van der Waals surface area contributed by atoms with Gasteiger partial charge in [0.2, 0.25) is 11.8 Å². The first kappa shape index (κ1) is 22.0. The maximum atomic E-state index is 13.0. The summed E-state index contributed by atoms with van der Waals surface area (Å²) in [5, 5.41) is 2.70. The highest BCUT2D eigenvalue weighted by Crippen LogP contribution is 2.21. The number of aryl methyl sites for hydroxylation is 2. The summed E-state index contributed by atoms with van der Waals surface area (Å²) in [5.74, 6) is 0.586. The summed E-state index contributed by atoms with van der Waals surface area (Å²) in [5.41, 5.74) is 3.41. The van der Waals surface area contributed by atoms with Crippen molar-refractivity contribution in [1.82, 2.24) is 10.2 Å². The highest BCUT2D eigenvalue weighted by atomic mass is 32.2. The molecule has 0 bridgehead atoms. The van der Waals surface area contributed by atoms with Gasteiger partial charge in [0.25, 0.3) is 0 Å². The summed E-state index contributed by atoms with van der Waals surface area (Å²) in [4.78, 5) is 28.3. The Bertz CT molecular complexity index is 789. The zero-order chi connectivity index (χ0) is 20.5. The number of carbonyl (C=O) groups excluding carboxylic acids is 2. The minimum Gasteiger partial charge on any atom is -0.357 e. The Morgan fingerprint density at radius 2 is 1.79 bits per heavy atom. The van der Waals surface area contributed by atoms with E-state index in [1.165, 1.54) is 5.56 Å². The lowest BCUT2D eigenvalue weighted by atomic mass is 10.1. The van der Waals surface area contributed by atoms with Gasteiger partial charge in [0.05, 0.1) is 0 Å². The predicted molar refractivity (Wildman–Crippen MR) is 116 cm³/mol. The largest absolute Gasteiger partial charge is 0.357 e. The van der Waals surface area contributed by atoms with E-state index >= 15 is 0 Å². The summed E-state index contributed by atoms with van der Waals surface area (Å²) < 4.78 is 0. The zero-order valence-electron chi connectivity index (χ0n) is 17.2. The van der Waals surface area contributed by atoms with Gasteiger partial charge < -0.3 is 10.2 Å². The molecular weight excluding hydrogens is 368 g/mol. The summed E-state index contributed by atoms with van der Waals surface area (Å²) in [6.07, 6.45) is 0.986. The molecule has 0 unspecified atom stereocenters. The molecule has 28 heavy (non-hydrogen) atoms. The molecule has 0 fully saturated rings. The Morgan fingerprint density at radius 1 is 1.07 bits per heavy atom. The van der Waals surface area contributed by atoms with Gasteiger partial charge in [-0.15, -0.1) is 11.8 Å². The van der Waals surface area contributed by atoms with Crippen molar-refractivity contribution in [3.05, 3.63) is 65.2 Å². The number of nitrogens with zero attached hydrogens (tertiary/aromatic N) is 1. The lowest BCUT2D eigenvalue weighted by Crippen LogP contribution is -2.48. The van der Waals surface area contributed by atoms with E-state index in [0.717, 1.165) is 16.0 Å². The van der Waals surface area contributed by atoms with Crippen LogP contribution in [0.4, 0.5) is 0 Å². The van der Waals surface area contributed by atoms with E-state index in [4.69, 9.17) is 0 Å². The average molecular weight is 399 g/mol. The minimum absolute atomic E-state index is 0.0107. The van der Waals surface area contributed by atoms with Crippen molar-refractivity contribution in [3.63, 3.8) is 0 Å². The SMILES string of the molecule is CC[C@H](C(=O)NC)N(Cc1cccc(C)c1)C(=O)CCSc1ccc(C)cc1. The molecule has 0 aliphatic heterocycles. The zero-order valence-corrected chi connectivity index (χ0v) is 18.0. The predicted octanol–water partition coefficient (Wildman–Crippen LogP) is 4.34. The molecule has 150 valence electrons. The fourth-order valence-electron chi connectivity index (χ4n) is 3.13. The Labute approximate surface area is 172 Å². The van der Waals surface area contributed by atoms with Gasteiger partial charge in [-0.3, -0.25) is 9.59 Å². The number of benzene rings is 2. The van der Waals surface area contributed by atoms with Crippen molar-refractivity contribution in [2.75, 3.05) is 12.8 Å². The van der Waals surface area contributed by atoms with E-state index in [1.807, 2.05) is 32.0 Å². The van der Waals surface area contributed by atoms with Crippen LogP contribution in [0.1, 0.15) is 36.5 Å². The molecule has 0 radical (unpaired) electrons. The van der Waals surface area contributed by atoms with Crippen LogP contribution in [-0.4, -0.2) is 35.6 Å². The Kier molecular flexibility index (Phi) is 8.58. The molecular formula is C23H30N2O2S. The second kappa shape index (κ2) is 10.9. The van der Waals surface area contributed by atoms with Gasteiger partial charge in [-0.2, -0.15) is 0 Å². The summed E-state index contributed by atoms with van der Waals surface area (Å²) in [6.45, 7) is 6.48. The van der Waals surface area contributed by atoms with Crippen LogP contribution in [0.3, 0.4) is 0 Å². The molecule has 0 saturated carbocycles. The summed E-state index contributed by atoms with van der Waals surface area (Å²) >= 11 is 1.67. The fraction of sp³-hybridized carbons (Fsp3) is 0.391. The third-order valence-corrected chi connectivity index (χ3v) is 5.69. The van der Waals surface area contributed by atoms with Gasteiger partial charge in [0.15, 0.2) is 0 Å². The Balaban J connectivity index is 2.08. The molecule has 0 heterocycles. The third kappa shape index (κ3) is 6.41. The maximum absolute atomic E-state index is 13.0. The van der Waals surface area contributed by atoms with Crippen molar-refractivity contribution in [2.24, 2.45) is 0 Å². The molecule has 0 aliphatic rings. The lowest BCUT2D eigenvalue weighted by molar-refractivity contribution is -0.140. The molecule has 0 spiro atoms. The molecule has 5 heteroatoms. The highest BCUT2D eigenvalue weighted by Gasteiger charge is 2.27. The van der Waals surface area contributed by atoms with Gasteiger partial charge in [-0.25, -0.2) is 0 Å². The Hall–Kier alpha value is -2.27. The number of amides is 2. The van der Waals surface area contributed by atoms with Crippen molar-refractivity contribution >= 4 is 23.6 Å². The van der Waals surface area contributed by atoms with Gasteiger partial charge in [0.1, 0.15) is 6.04 Å². The molecule has 2 amide bonds. The third-order valence-electron chi connectivity index (χ3n) is 4.67.